The molecule has 0 aromatic carbocycles. The zero-order valence-corrected chi connectivity index (χ0v) is 7.38. The van der Waals surface area contributed by atoms with Crippen LogP contribution in [0.1, 0.15) is 10.5 Å². The molecule has 0 aliphatic rings. The quantitative estimate of drug-likeness (QED) is 0.716. The predicted molar refractivity (Wildman–Crippen MR) is 47.2 cm³/mol. The number of halogens is 1. The largest absolute Gasteiger partial charge is 0.338 e. The van der Waals surface area contributed by atoms with Crippen LogP contribution in [0, 0.1) is 11.3 Å². The zero-order valence-electron chi connectivity index (χ0n) is 6.62. The van der Waals surface area contributed by atoms with Crippen molar-refractivity contribution < 1.29 is 4.79 Å². The summed E-state index contributed by atoms with van der Waals surface area (Å²) in [5, 5.41) is 11.0. The number of nitrogens with one attached hydrogen (secondary N) is 1. The number of carbonyl (C=O) groups excluding carboxylic acids is 1. The Morgan fingerprint density at radius 2 is 2.54 bits per heavy atom. The molecule has 0 fully saturated rings. The van der Waals surface area contributed by atoms with E-state index in [2.05, 4.69) is 10.3 Å². The molecule has 0 aliphatic heterocycles. The Bertz CT molecular complexity index is 359. The highest BCUT2D eigenvalue weighted by molar-refractivity contribution is 6.30. The van der Waals surface area contributed by atoms with E-state index in [4.69, 9.17) is 16.9 Å². The van der Waals surface area contributed by atoms with E-state index < -0.39 is 5.91 Å². The average molecular weight is 196 g/mol. The third kappa shape index (κ3) is 2.73. The second-order valence-corrected chi connectivity index (χ2v) is 2.64. The molecule has 0 spiro atoms. The lowest BCUT2D eigenvalue weighted by Crippen LogP contribution is -2.24. The third-order valence-electron chi connectivity index (χ3n) is 1.28. The Labute approximate surface area is 80.2 Å². The Hall–Kier alpha value is -1.60. The van der Waals surface area contributed by atoms with Crippen LogP contribution in [-0.2, 0) is 0 Å². The molecular formula is C8H6ClN3O. The van der Waals surface area contributed by atoms with Gasteiger partial charge in [-0.15, -0.1) is 0 Å². The molecule has 0 aliphatic carbocycles. The minimum atomic E-state index is -0.399. The van der Waals surface area contributed by atoms with E-state index in [1.165, 1.54) is 12.3 Å². The number of carbonyl (C=O) groups is 1. The fourth-order valence-electron chi connectivity index (χ4n) is 0.739. The maximum atomic E-state index is 11.2. The van der Waals surface area contributed by atoms with Crippen LogP contribution in [0.25, 0.3) is 0 Å². The molecule has 0 atom stereocenters. The van der Waals surface area contributed by atoms with Gasteiger partial charge in [-0.1, -0.05) is 11.6 Å². The molecule has 0 unspecified atom stereocenters. The van der Waals surface area contributed by atoms with Gasteiger partial charge in [0.1, 0.15) is 12.2 Å². The van der Waals surface area contributed by atoms with E-state index >= 15 is 0 Å². The maximum absolute atomic E-state index is 11.2. The molecule has 66 valence electrons. The first kappa shape index (κ1) is 9.49. The molecule has 1 amide bonds. The van der Waals surface area contributed by atoms with Crippen LogP contribution in [0.2, 0.25) is 5.02 Å². The molecule has 4 nitrogen and oxygen atoms in total. The summed E-state index contributed by atoms with van der Waals surface area (Å²) in [7, 11) is 0. The number of pyridine rings is 1. The van der Waals surface area contributed by atoms with Crippen LogP contribution in [-0.4, -0.2) is 17.4 Å². The molecule has 1 aromatic heterocycles. The number of aromatic nitrogens is 1. The third-order valence-corrected chi connectivity index (χ3v) is 1.52. The van der Waals surface area contributed by atoms with E-state index in [0.29, 0.717) is 5.02 Å². The lowest BCUT2D eigenvalue weighted by molar-refractivity contribution is 0.0953. The maximum Gasteiger partial charge on any atom is 0.270 e. The molecule has 5 heteroatoms. The second kappa shape index (κ2) is 4.43. The normalized spacial score (nSPS) is 8.92. The summed E-state index contributed by atoms with van der Waals surface area (Å²) in [6.45, 7) is -0.0347. The summed E-state index contributed by atoms with van der Waals surface area (Å²) < 4.78 is 0. The van der Waals surface area contributed by atoms with E-state index in [9.17, 15) is 4.79 Å². The molecule has 1 rings (SSSR count). The first-order valence-electron chi connectivity index (χ1n) is 3.50. The highest BCUT2D eigenvalue weighted by Gasteiger charge is 2.05. The van der Waals surface area contributed by atoms with Crippen LogP contribution in [0.4, 0.5) is 0 Å². The van der Waals surface area contributed by atoms with Crippen molar-refractivity contribution in [3.05, 3.63) is 29.0 Å². The average Bonchev–Trinajstić information content (AvgIpc) is 2.14. The van der Waals surface area contributed by atoms with Crippen LogP contribution in [0.3, 0.4) is 0 Å². The Kier molecular flexibility index (Phi) is 3.23. The number of rotatable bonds is 2. The number of hydrogen-bond acceptors (Lipinski definition) is 3. The van der Waals surface area contributed by atoms with Gasteiger partial charge in [0.05, 0.1) is 6.07 Å². The van der Waals surface area contributed by atoms with Crippen molar-refractivity contribution in [3.8, 4) is 6.07 Å². The lowest BCUT2D eigenvalue weighted by Gasteiger charge is -1.99. The first-order chi connectivity index (χ1) is 6.24. The van der Waals surface area contributed by atoms with Gasteiger partial charge in [-0.3, -0.25) is 9.78 Å². The number of nitrogens with zero attached hydrogens (tertiary/aromatic N) is 2. The summed E-state index contributed by atoms with van der Waals surface area (Å²) in [6, 6.07) is 4.80. The van der Waals surface area contributed by atoms with Crippen molar-refractivity contribution >= 4 is 17.5 Å². The van der Waals surface area contributed by atoms with Gasteiger partial charge in [0.25, 0.3) is 5.91 Å². The summed E-state index contributed by atoms with van der Waals surface area (Å²) >= 11 is 5.64. The van der Waals surface area contributed by atoms with Crippen molar-refractivity contribution in [2.45, 2.75) is 0 Å². The second-order valence-electron chi connectivity index (χ2n) is 2.20. The zero-order chi connectivity index (χ0) is 9.68. The van der Waals surface area contributed by atoms with Gasteiger partial charge in [-0.2, -0.15) is 5.26 Å². The topological polar surface area (TPSA) is 65.8 Å². The van der Waals surface area contributed by atoms with E-state index in [1.807, 2.05) is 0 Å². The highest BCUT2D eigenvalue weighted by atomic mass is 35.5. The highest BCUT2D eigenvalue weighted by Crippen LogP contribution is 2.07. The van der Waals surface area contributed by atoms with Crippen molar-refractivity contribution in [3.63, 3.8) is 0 Å². The SMILES string of the molecule is N#CCNC(=O)c1cc(Cl)ccn1. The molecule has 1 aromatic rings. The molecule has 0 saturated heterocycles. The molecule has 1 N–H and O–H groups in total. The summed E-state index contributed by atoms with van der Waals surface area (Å²) in [5.41, 5.74) is 0.211. The Morgan fingerprint density at radius 3 is 3.15 bits per heavy atom. The Balaban J connectivity index is 2.72. The van der Waals surface area contributed by atoms with Gasteiger partial charge < -0.3 is 5.32 Å². The van der Waals surface area contributed by atoms with Crippen LogP contribution >= 0.6 is 11.6 Å². The van der Waals surface area contributed by atoms with Gasteiger partial charge in [0.2, 0.25) is 0 Å². The number of amides is 1. The van der Waals surface area contributed by atoms with Crippen LogP contribution in [0.5, 0.6) is 0 Å². The van der Waals surface area contributed by atoms with Gasteiger partial charge in [0.15, 0.2) is 0 Å². The van der Waals surface area contributed by atoms with Crippen molar-refractivity contribution in [1.82, 2.24) is 10.3 Å². The summed E-state index contributed by atoms with van der Waals surface area (Å²) in [5.74, 6) is -0.399. The summed E-state index contributed by atoms with van der Waals surface area (Å²) in [6.07, 6.45) is 1.43. The molecule has 0 radical (unpaired) electrons. The lowest BCUT2D eigenvalue weighted by atomic mass is 10.3. The van der Waals surface area contributed by atoms with Crippen LogP contribution in [0.15, 0.2) is 18.3 Å². The van der Waals surface area contributed by atoms with Crippen molar-refractivity contribution in [2.75, 3.05) is 6.54 Å². The smallest absolute Gasteiger partial charge is 0.270 e. The molecule has 0 bridgehead atoms. The Morgan fingerprint density at radius 1 is 1.77 bits per heavy atom. The number of nitriles is 1. The van der Waals surface area contributed by atoms with Crippen molar-refractivity contribution in [2.24, 2.45) is 0 Å². The van der Waals surface area contributed by atoms with E-state index in [-0.39, 0.29) is 12.2 Å². The minimum Gasteiger partial charge on any atom is -0.338 e. The van der Waals surface area contributed by atoms with E-state index in [1.54, 1.807) is 12.1 Å². The van der Waals surface area contributed by atoms with Gasteiger partial charge in [-0.05, 0) is 12.1 Å². The monoisotopic (exact) mass is 195 g/mol. The molecule has 0 saturated carbocycles. The van der Waals surface area contributed by atoms with Crippen LogP contribution < -0.4 is 5.32 Å². The van der Waals surface area contributed by atoms with Gasteiger partial charge >= 0.3 is 0 Å². The minimum absolute atomic E-state index is 0.0347. The van der Waals surface area contributed by atoms with Gasteiger partial charge in [0, 0.05) is 11.2 Å². The van der Waals surface area contributed by atoms with Gasteiger partial charge in [-0.25, -0.2) is 0 Å². The molecule has 13 heavy (non-hydrogen) atoms. The summed E-state index contributed by atoms with van der Waals surface area (Å²) in [4.78, 5) is 15.0. The standard InChI is InChI=1S/C8H6ClN3O/c9-6-1-3-11-7(5-6)8(13)12-4-2-10/h1,3,5H,4H2,(H,12,13). The predicted octanol–water partition coefficient (Wildman–Crippen LogP) is 0.988. The van der Waals surface area contributed by atoms with E-state index in [0.717, 1.165) is 0 Å². The number of hydrogen-bond donors (Lipinski definition) is 1. The molecule has 1 heterocycles. The molecular weight excluding hydrogens is 190 g/mol. The van der Waals surface area contributed by atoms with Crippen molar-refractivity contribution in [1.29, 1.82) is 5.26 Å². The fraction of sp³-hybridized carbons (Fsp3) is 0.125. The first-order valence-corrected chi connectivity index (χ1v) is 3.88. The fourth-order valence-corrected chi connectivity index (χ4v) is 0.899.